The summed E-state index contributed by atoms with van der Waals surface area (Å²) in [4.78, 5) is 55.0. The molecule has 0 saturated carbocycles. The summed E-state index contributed by atoms with van der Waals surface area (Å²) >= 11 is 1.77. The van der Waals surface area contributed by atoms with Gasteiger partial charge in [-0.15, -0.1) is 11.8 Å². The van der Waals surface area contributed by atoms with E-state index < -0.39 is 6.04 Å². The van der Waals surface area contributed by atoms with E-state index >= 15 is 0 Å². The van der Waals surface area contributed by atoms with E-state index in [1.165, 1.54) is 0 Å². The molecule has 1 saturated heterocycles. The number of hydrogen-bond acceptors (Lipinski definition) is 7. The number of carbonyl (C=O) groups excluding carboxylic acids is 4. The summed E-state index contributed by atoms with van der Waals surface area (Å²) in [5, 5.41) is 8.72. The van der Waals surface area contributed by atoms with Crippen LogP contribution in [0.25, 0.3) is 0 Å². The second-order valence-electron chi connectivity index (χ2n) is 10.7. The van der Waals surface area contributed by atoms with Crippen molar-refractivity contribution in [2.45, 2.75) is 77.0 Å². The van der Waals surface area contributed by atoms with Crippen LogP contribution >= 0.6 is 11.8 Å². The first kappa shape index (κ1) is 32.8. The molecule has 10 heteroatoms. The molecule has 2 aliphatic heterocycles. The van der Waals surface area contributed by atoms with Crippen LogP contribution in [0.2, 0.25) is 0 Å². The van der Waals surface area contributed by atoms with Crippen molar-refractivity contribution in [3.63, 3.8) is 0 Å². The fourth-order valence-electron chi connectivity index (χ4n) is 5.23. The lowest BCUT2D eigenvalue weighted by molar-refractivity contribution is -0.134. The van der Waals surface area contributed by atoms with Gasteiger partial charge in [0.05, 0.1) is 18.6 Å². The van der Waals surface area contributed by atoms with E-state index in [0.717, 1.165) is 35.5 Å². The van der Waals surface area contributed by atoms with Gasteiger partial charge >= 0.3 is 0 Å². The molecule has 3 N–H and O–H groups in total. The van der Waals surface area contributed by atoms with Gasteiger partial charge in [-0.25, -0.2) is 0 Å². The molecule has 1 fully saturated rings. The molecule has 9 nitrogen and oxygen atoms in total. The molecule has 218 valence electrons. The fraction of sp³-hybridized carbons (Fsp3) is 0.655. The van der Waals surface area contributed by atoms with Crippen molar-refractivity contribution in [2.24, 2.45) is 5.92 Å². The lowest BCUT2D eigenvalue weighted by atomic mass is 10.0. The molecule has 2 heterocycles. The Morgan fingerprint density at radius 1 is 1.23 bits per heavy atom. The summed E-state index contributed by atoms with van der Waals surface area (Å²) in [5.74, 6) is 0.819. The van der Waals surface area contributed by atoms with Crippen LogP contribution in [0, 0.1) is 5.92 Å². The molecule has 0 aromatic carbocycles. The van der Waals surface area contributed by atoms with Gasteiger partial charge in [-0.05, 0) is 58.2 Å². The van der Waals surface area contributed by atoms with E-state index in [2.05, 4.69) is 33.5 Å². The minimum atomic E-state index is -0.768. The Bertz CT molecular complexity index is 935. The molecule has 0 aromatic heterocycles. The molecule has 0 spiro atoms. The Hall–Kier alpha value is -2.43. The minimum absolute atomic E-state index is 0.0297. The highest BCUT2D eigenvalue weighted by atomic mass is 32.2. The van der Waals surface area contributed by atoms with Gasteiger partial charge in [0.15, 0.2) is 0 Å². The predicted octanol–water partition coefficient (Wildman–Crippen LogP) is 2.26. The Morgan fingerprint density at radius 3 is 2.59 bits per heavy atom. The number of nitrogens with zero attached hydrogens (tertiary/aromatic N) is 2. The van der Waals surface area contributed by atoms with Crippen LogP contribution in [-0.2, 0) is 19.2 Å². The lowest BCUT2D eigenvalue weighted by Gasteiger charge is -2.31. The summed E-state index contributed by atoms with van der Waals surface area (Å²) in [5.41, 5.74) is 1.11. The van der Waals surface area contributed by atoms with Crippen molar-refractivity contribution < 1.29 is 19.2 Å². The molecule has 3 amide bonds. The first-order chi connectivity index (χ1) is 18.6. The largest absolute Gasteiger partial charge is 0.348 e. The zero-order valence-electron chi connectivity index (χ0n) is 24.2. The van der Waals surface area contributed by atoms with Crippen LogP contribution in [0.4, 0.5) is 0 Å². The van der Waals surface area contributed by atoms with Gasteiger partial charge in [-0.1, -0.05) is 38.7 Å². The van der Waals surface area contributed by atoms with Crippen molar-refractivity contribution in [1.82, 2.24) is 25.8 Å². The number of likely N-dealkylation sites (tertiary alicyclic amines) is 1. The monoisotopic (exact) mass is 561 g/mol. The number of amides is 3. The number of allylic oxidation sites excluding steroid dienone is 2. The first-order valence-corrected chi connectivity index (χ1v) is 14.9. The van der Waals surface area contributed by atoms with Gasteiger partial charge in [0, 0.05) is 36.2 Å². The van der Waals surface area contributed by atoms with E-state index in [0.29, 0.717) is 25.7 Å². The van der Waals surface area contributed by atoms with Crippen LogP contribution in [-0.4, -0.2) is 97.5 Å². The summed E-state index contributed by atoms with van der Waals surface area (Å²) in [6.07, 6.45) is 10.1. The second-order valence-corrected chi connectivity index (χ2v) is 11.8. The normalized spacial score (nSPS) is 22.7. The minimum Gasteiger partial charge on any atom is -0.348 e. The SMILES string of the molecule is C=CC1=C(/C=C\C)C(NC(=O)C2CCC(CCN(CC(C=O)NC(=O)CNC)C(=O)CC(C)C)N2C)CCS1. The molecular formula is C29H47N5O4S. The quantitative estimate of drug-likeness (QED) is 0.263. The maximum Gasteiger partial charge on any atom is 0.237 e. The molecule has 2 aliphatic rings. The molecule has 2 rings (SSSR count). The molecule has 0 aromatic rings. The lowest BCUT2D eigenvalue weighted by Crippen LogP contribution is -2.50. The van der Waals surface area contributed by atoms with Crippen LogP contribution in [0.3, 0.4) is 0 Å². The topological polar surface area (TPSA) is 111 Å². The van der Waals surface area contributed by atoms with Crippen LogP contribution in [0.15, 0.2) is 35.3 Å². The van der Waals surface area contributed by atoms with Crippen molar-refractivity contribution in [3.8, 4) is 0 Å². The maximum absolute atomic E-state index is 13.3. The maximum atomic E-state index is 13.3. The Labute approximate surface area is 238 Å². The summed E-state index contributed by atoms with van der Waals surface area (Å²) < 4.78 is 0. The number of hydrogen-bond donors (Lipinski definition) is 3. The number of thioether (sulfide) groups is 1. The molecule has 4 atom stereocenters. The van der Waals surface area contributed by atoms with Crippen LogP contribution in [0.5, 0.6) is 0 Å². The summed E-state index contributed by atoms with van der Waals surface area (Å²) in [7, 11) is 3.63. The van der Waals surface area contributed by atoms with Crippen molar-refractivity contribution in [1.29, 1.82) is 0 Å². The van der Waals surface area contributed by atoms with Crippen LogP contribution in [0.1, 0.15) is 52.9 Å². The van der Waals surface area contributed by atoms with Crippen molar-refractivity contribution in [3.05, 3.63) is 35.3 Å². The fourth-order valence-corrected chi connectivity index (χ4v) is 6.29. The third kappa shape index (κ3) is 9.92. The van der Waals surface area contributed by atoms with E-state index in [9.17, 15) is 19.2 Å². The molecule has 39 heavy (non-hydrogen) atoms. The molecular weight excluding hydrogens is 514 g/mol. The van der Waals surface area contributed by atoms with Gasteiger partial charge in [0.25, 0.3) is 0 Å². The highest BCUT2D eigenvalue weighted by molar-refractivity contribution is 8.03. The van der Waals surface area contributed by atoms with Gasteiger partial charge in [0.1, 0.15) is 12.3 Å². The average Bonchev–Trinajstić information content (AvgIpc) is 3.26. The number of nitrogens with one attached hydrogen (secondary N) is 3. The van der Waals surface area contributed by atoms with Gasteiger partial charge in [0.2, 0.25) is 17.7 Å². The third-order valence-corrected chi connectivity index (χ3v) is 8.40. The van der Waals surface area contributed by atoms with E-state index in [1.807, 2.05) is 40.0 Å². The molecule has 0 bridgehead atoms. The highest BCUT2D eigenvalue weighted by Gasteiger charge is 2.37. The first-order valence-electron chi connectivity index (χ1n) is 14.0. The Morgan fingerprint density at radius 2 is 1.97 bits per heavy atom. The zero-order chi connectivity index (χ0) is 28.9. The van der Waals surface area contributed by atoms with Gasteiger partial charge < -0.3 is 25.6 Å². The molecule has 0 aliphatic carbocycles. The highest BCUT2D eigenvalue weighted by Crippen LogP contribution is 2.32. The summed E-state index contributed by atoms with van der Waals surface area (Å²) in [6.45, 7) is 10.6. The number of carbonyl (C=O) groups is 4. The molecule has 4 unspecified atom stereocenters. The number of aldehydes is 1. The van der Waals surface area contributed by atoms with Gasteiger partial charge in [-0.2, -0.15) is 0 Å². The number of rotatable bonds is 15. The Balaban J connectivity index is 2.03. The molecule has 0 radical (unpaired) electrons. The standard InChI is InChI=1S/C29H47N5O4S/c1-7-9-23-24(13-15-39-26(23)8-2)32-29(38)25-11-10-22(33(25)6)12-14-34(28(37)16-20(3)4)18-21(19-35)31-27(36)17-30-5/h7-9,19-22,24-25,30H,2,10-18H2,1,3-6H3,(H,31,36)(H,32,38)/b9-7-. The zero-order valence-corrected chi connectivity index (χ0v) is 25.0. The van der Waals surface area contributed by atoms with E-state index in [1.54, 1.807) is 23.7 Å². The third-order valence-electron chi connectivity index (χ3n) is 7.25. The van der Waals surface area contributed by atoms with Gasteiger partial charge in [-0.3, -0.25) is 19.3 Å². The summed E-state index contributed by atoms with van der Waals surface area (Å²) in [6, 6.07) is -0.889. The van der Waals surface area contributed by atoms with E-state index in [-0.39, 0.29) is 54.9 Å². The Kier molecular flexibility index (Phi) is 14.0. The van der Waals surface area contributed by atoms with Crippen molar-refractivity contribution in [2.75, 3.05) is 39.5 Å². The smallest absolute Gasteiger partial charge is 0.237 e. The average molecular weight is 562 g/mol. The second kappa shape index (κ2) is 16.6. The number of likely N-dealkylation sites (N-methyl/N-ethyl adjacent to an activating group) is 2. The predicted molar refractivity (Wildman–Crippen MR) is 158 cm³/mol. The van der Waals surface area contributed by atoms with Crippen molar-refractivity contribution >= 4 is 35.8 Å². The van der Waals surface area contributed by atoms with Crippen LogP contribution < -0.4 is 16.0 Å². The van der Waals surface area contributed by atoms with E-state index in [4.69, 9.17) is 0 Å².